The molecule has 1 aliphatic rings. The Kier molecular flexibility index (Phi) is 4.79. The number of benzene rings is 1. The van der Waals surface area contributed by atoms with E-state index in [2.05, 4.69) is 64.1 Å². The lowest BCUT2D eigenvalue weighted by molar-refractivity contribution is 0.462. The van der Waals surface area contributed by atoms with Gasteiger partial charge in [-0.1, -0.05) is 58.6 Å². The monoisotopic (exact) mass is 346 g/mol. The van der Waals surface area contributed by atoms with Crippen LogP contribution in [0.2, 0.25) is 0 Å². The SMILES string of the molecule is Cc1cccc(C(CBr)Cc2ccn(C3CCCC3)n2)c1. The van der Waals surface area contributed by atoms with Crippen molar-refractivity contribution < 1.29 is 0 Å². The molecule has 1 aromatic heterocycles. The zero-order valence-electron chi connectivity index (χ0n) is 12.6. The zero-order chi connectivity index (χ0) is 14.7. The molecular weight excluding hydrogens is 324 g/mol. The van der Waals surface area contributed by atoms with Gasteiger partial charge in [0.1, 0.15) is 0 Å². The van der Waals surface area contributed by atoms with Gasteiger partial charge in [-0.05, 0) is 43.7 Å². The van der Waals surface area contributed by atoms with Crippen LogP contribution in [0.15, 0.2) is 36.5 Å². The number of alkyl halides is 1. The van der Waals surface area contributed by atoms with Crippen LogP contribution in [0.4, 0.5) is 0 Å². The fourth-order valence-electron chi connectivity index (χ4n) is 3.30. The van der Waals surface area contributed by atoms with Gasteiger partial charge in [-0.2, -0.15) is 5.10 Å². The summed E-state index contributed by atoms with van der Waals surface area (Å²) < 4.78 is 2.20. The third-order valence-electron chi connectivity index (χ3n) is 4.52. The van der Waals surface area contributed by atoms with Crippen LogP contribution in [0.1, 0.15) is 54.5 Å². The second-order valence-electron chi connectivity index (χ2n) is 6.19. The number of aryl methyl sites for hydroxylation is 1. The molecule has 0 aliphatic heterocycles. The molecule has 1 saturated carbocycles. The number of nitrogens with zero attached hydrogens (tertiary/aromatic N) is 2. The van der Waals surface area contributed by atoms with Crippen molar-refractivity contribution in [3.8, 4) is 0 Å². The fourth-order valence-corrected chi connectivity index (χ4v) is 3.90. The number of aromatic nitrogens is 2. The Morgan fingerprint density at radius 1 is 1.29 bits per heavy atom. The quantitative estimate of drug-likeness (QED) is 0.694. The first-order chi connectivity index (χ1) is 10.3. The lowest BCUT2D eigenvalue weighted by Crippen LogP contribution is -2.08. The summed E-state index contributed by atoms with van der Waals surface area (Å²) in [6, 6.07) is 11.7. The molecule has 0 saturated heterocycles. The maximum absolute atomic E-state index is 4.82. The molecule has 0 spiro atoms. The van der Waals surface area contributed by atoms with Crippen molar-refractivity contribution in [3.05, 3.63) is 53.3 Å². The highest BCUT2D eigenvalue weighted by Crippen LogP contribution is 2.29. The van der Waals surface area contributed by atoms with E-state index in [9.17, 15) is 0 Å². The predicted octanol–water partition coefficient (Wildman–Crippen LogP) is 5.03. The first-order valence-corrected chi connectivity index (χ1v) is 9.05. The van der Waals surface area contributed by atoms with Crippen LogP contribution in [-0.4, -0.2) is 15.1 Å². The Hall–Kier alpha value is -1.09. The van der Waals surface area contributed by atoms with Crippen molar-refractivity contribution >= 4 is 15.9 Å². The molecule has 0 radical (unpaired) electrons. The topological polar surface area (TPSA) is 17.8 Å². The second kappa shape index (κ2) is 6.78. The van der Waals surface area contributed by atoms with E-state index in [1.165, 1.54) is 42.5 Å². The smallest absolute Gasteiger partial charge is 0.0631 e. The highest BCUT2D eigenvalue weighted by molar-refractivity contribution is 9.09. The second-order valence-corrected chi connectivity index (χ2v) is 6.84. The van der Waals surface area contributed by atoms with Gasteiger partial charge in [0.2, 0.25) is 0 Å². The van der Waals surface area contributed by atoms with Crippen molar-refractivity contribution in [2.45, 2.75) is 51.0 Å². The summed E-state index contributed by atoms with van der Waals surface area (Å²) in [5.41, 5.74) is 3.95. The molecule has 2 nitrogen and oxygen atoms in total. The normalized spacial score (nSPS) is 17.2. The molecule has 3 heteroatoms. The molecule has 0 bridgehead atoms. The summed E-state index contributed by atoms with van der Waals surface area (Å²) in [7, 11) is 0. The first-order valence-electron chi connectivity index (χ1n) is 7.93. The van der Waals surface area contributed by atoms with E-state index in [0.717, 1.165) is 11.8 Å². The lowest BCUT2D eigenvalue weighted by Gasteiger charge is -2.14. The minimum atomic E-state index is 0.497. The zero-order valence-corrected chi connectivity index (χ0v) is 14.2. The Morgan fingerprint density at radius 2 is 2.10 bits per heavy atom. The van der Waals surface area contributed by atoms with E-state index in [1.54, 1.807) is 0 Å². The maximum atomic E-state index is 4.82. The van der Waals surface area contributed by atoms with Gasteiger partial charge in [0, 0.05) is 11.5 Å². The van der Waals surface area contributed by atoms with Crippen molar-refractivity contribution in [1.29, 1.82) is 0 Å². The third-order valence-corrected chi connectivity index (χ3v) is 5.30. The molecule has 1 fully saturated rings. The van der Waals surface area contributed by atoms with Crippen LogP contribution in [0.3, 0.4) is 0 Å². The lowest BCUT2D eigenvalue weighted by atomic mass is 9.95. The van der Waals surface area contributed by atoms with Crippen molar-refractivity contribution in [1.82, 2.24) is 9.78 Å². The van der Waals surface area contributed by atoms with Gasteiger partial charge in [0.25, 0.3) is 0 Å². The number of halogens is 1. The van der Waals surface area contributed by atoms with Crippen molar-refractivity contribution in [2.24, 2.45) is 0 Å². The molecule has 1 atom stereocenters. The standard InChI is InChI=1S/C18H23BrN2/c1-14-5-4-6-15(11-14)16(13-19)12-17-9-10-21(20-17)18-7-2-3-8-18/h4-6,9-11,16,18H,2-3,7-8,12-13H2,1H3. The molecular formula is C18H23BrN2. The minimum absolute atomic E-state index is 0.497. The highest BCUT2D eigenvalue weighted by Gasteiger charge is 2.19. The summed E-state index contributed by atoms with van der Waals surface area (Å²) in [5.74, 6) is 0.497. The first kappa shape index (κ1) is 14.8. The van der Waals surface area contributed by atoms with Gasteiger partial charge < -0.3 is 0 Å². The van der Waals surface area contributed by atoms with E-state index in [1.807, 2.05) is 0 Å². The van der Waals surface area contributed by atoms with Gasteiger partial charge in [0.05, 0.1) is 11.7 Å². The van der Waals surface area contributed by atoms with E-state index in [-0.39, 0.29) is 0 Å². The summed E-state index contributed by atoms with van der Waals surface area (Å²) in [5, 5.41) is 5.80. The molecule has 1 aliphatic carbocycles. The molecule has 1 heterocycles. The third kappa shape index (κ3) is 3.57. The van der Waals surface area contributed by atoms with Gasteiger partial charge in [-0.25, -0.2) is 0 Å². The van der Waals surface area contributed by atoms with Crippen molar-refractivity contribution in [3.63, 3.8) is 0 Å². The van der Waals surface area contributed by atoms with Gasteiger partial charge in [-0.15, -0.1) is 0 Å². The number of hydrogen-bond acceptors (Lipinski definition) is 1. The summed E-state index contributed by atoms with van der Waals surface area (Å²) >= 11 is 3.67. The molecule has 112 valence electrons. The van der Waals surface area contributed by atoms with Crippen LogP contribution < -0.4 is 0 Å². The number of hydrogen-bond donors (Lipinski definition) is 0. The molecule has 1 aromatic carbocycles. The Morgan fingerprint density at radius 3 is 2.81 bits per heavy atom. The molecule has 3 rings (SSSR count). The van der Waals surface area contributed by atoms with Crippen molar-refractivity contribution in [2.75, 3.05) is 5.33 Å². The molecule has 2 aromatic rings. The van der Waals surface area contributed by atoms with E-state index in [0.29, 0.717) is 12.0 Å². The molecule has 21 heavy (non-hydrogen) atoms. The van der Waals surface area contributed by atoms with E-state index < -0.39 is 0 Å². The fraction of sp³-hybridized carbons (Fsp3) is 0.500. The summed E-state index contributed by atoms with van der Waals surface area (Å²) in [6.45, 7) is 2.16. The largest absolute Gasteiger partial charge is 0.269 e. The number of rotatable bonds is 5. The van der Waals surface area contributed by atoms with Crippen LogP contribution in [0.25, 0.3) is 0 Å². The highest BCUT2D eigenvalue weighted by atomic mass is 79.9. The average Bonchev–Trinajstić information content (AvgIpc) is 3.15. The summed E-state index contributed by atoms with van der Waals surface area (Å²) in [4.78, 5) is 0. The maximum Gasteiger partial charge on any atom is 0.0631 e. The molecule has 0 N–H and O–H groups in total. The average molecular weight is 347 g/mol. The van der Waals surface area contributed by atoms with Gasteiger partial charge in [-0.3, -0.25) is 4.68 Å². The molecule has 1 unspecified atom stereocenters. The Bertz CT molecular complexity index is 584. The van der Waals surface area contributed by atoms with Gasteiger partial charge >= 0.3 is 0 Å². The minimum Gasteiger partial charge on any atom is -0.269 e. The van der Waals surface area contributed by atoms with Crippen LogP contribution in [0.5, 0.6) is 0 Å². The van der Waals surface area contributed by atoms with Crippen LogP contribution in [-0.2, 0) is 6.42 Å². The van der Waals surface area contributed by atoms with Crippen LogP contribution >= 0.6 is 15.9 Å². The Labute approximate surface area is 135 Å². The Balaban J connectivity index is 1.72. The summed E-state index contributed by atoms with van der Waals surface area (Å²) in [6.07, 6.45) is 8.48. The van der Waals surface area contributed by atoms with E-state index in [4.69, 9.17) is 5.10 Å². The van der Waals surface area contributed by atoms with E-state index >= 15 is 0 Å². The predicted molar refractivity (Wildman–Crippen MR) is 91.2 cm³/mol. The van der Waals surface area contributed by atoms with Gasteiger partial charge in [0.15, 0.2) is 0 Å². The van der Waals surface area contributed by atoms with Crippen LogP contribution in [0, 0.1) is 6.92 Å². The molecule has 0 amide bonds.